The lowest BCUT2D eigenvalue weighted by atomic mass is 9.75. The van der Waals surface area contributed by atoms with Crippen LogP contribution in [0.5, 0.6) is 0 Å². The van der Waals surface area contributed by atoms with E-state index in [0.717, 1.165) is 19.3 Å². The highest BCUT2D eigenvalue weighted by Gasteiger charge is 2.54. The predicted molar refractivity (Wildman–Crippen MR) is 108 cm³/mol. The molecule has 2 aliphatic rings. The minimum Gasteiger partial charge on any atom is -0.340 e. The molecule has 0 spiro atoms. The van der Waals surface area contributed by atoms with Crippen molar-refractivity contribution in [2.75, 3.05) is 33.7 Å². The van der Waals surface area contributed by atoms with E-state index in [0.29, 0.717) is 18.7 Å². The normalized spacial score (nSPS) is 25.2. The number of hydrogen-bond acceptors (Lipinski definition) is 4. The summed E-state index contributed by atoms with van der Waals surface area (Å²) in [4.78, 5) is 44.3. The highest BCUT2D eigenvalue weighted by atomic mass is 19.1. The van der Waals surface area contributed by atoms with Gasteiger partial charge in [-0.1, -0.05) is 12.1 Å². The molecule has 2 fully saturated rings. The second-order valence-corrected chi connectivity index (χ2v) is 8.53. The molecule has 3 rings (SSSR count). The van der Waals surface area contributed by atoms with Crippen molar-refractivity contribution in [2.45, 2.75) is 50.5 Å². The Labute approximate surface area is 171 Å². The number of carbonyl (C=O) groups is 3. The van der Waals surface area contributed by atoms with Gasteiger partial charge in [0.15, 0.2) is 0 Å². The maximum absolute atomic E-state index is 14.0. The van der Waals surface area contributed by atoms with Crippen molar-refractivity contribution in [3.8, 4) is 0 Å². The Hall–Kier alpha value is -2.28. The number of carbonyl (C=O) groups excluding carboxylic acids is 3. The Kier molecular flexibility index (Phi) is 6.36. The summed E-state index contributed by atoms with van der Waals surface area (Å²) in [6, 6.07) is 5.87. The molecular formula is C22H30FN3O3. The van der Waals surface area contributed by atoms with Crippen LogP contribution < -0.4 is 0 Å². The van der Waals surface area contributed by atoms with Crippen molar-refractivity contribution in [3.05, 3.63) is 35.6 Å². The topological polar surface area (TPSA) is 60.9 Å². The fraction of sp³-hybridized carbons (Fsp3) is 0.591. The molecule has 2 heterocycles. The van der Waals surface area contributed by atoms with Gasteiger partial charge in [0, 0.05) is 38.5 Å². The third-order valence-corrected chi connectivity index (χ3v) is 6.13. The maximum Gasteiger partial charge on any atom is 0.240 e. The maximum atomic E-state index is 14.0. The Morgan fingerprint density at radius 2 is 2.03 bits per heavy atom. The van der Waals surface area contributed by atoms with E-state index < -0.39 is 17.1 Å². The lowest BCUT2D eigenvalue weighted by Gasteiger charge is -2.36. The van der Waals surface area contributed by atoms with Crippen LogP contribution in [0.15, 0.2) is 24.3 Å². The molecule has 0 radical (unpaired) electrons. The highest BCUT2D eigenvalue weighted by Crippen LogP contribution is 2.41. The van der Waals surface area contributed by atoms with E-state index in [9.17, 15) is 18.8 Å². The van der Waals surface area contributed by atoms with E-state index in [4.69, 9.17) is 0 Å². The number of likely N-dealkylation sites (N-methyl/N-ethyl adjacent to an activating group) is 1. The van der Waals surface area contributed by atoms with Gasteiger partial charge in [-0.05, 0) is 58.0 Å². The molecule has 7 heteroatoms. The molecule has 2 atom stereocenters. The molecule has 0 bridgehead atoms. The summed E-state index contributed by atoms with van der Waals surface area (Å²) in [7, 11) is 3.73. The second-order valence-electron chi connectivity index (χ2n) is 8.53. The number of piperidine rings is 1. The van der Waals surface area contributed by atoms with Gasteiger partial charge in [-0.3, -0.25) is 19.3 Å². The Balaban J connectivity index is 1.94. The Morgan fingerprint density at radius 1 is 1.28 bits per heavy atom. The van der Waals surface area contributed by atoms with Crippen LogP contribution in [0.4, 0.5) is 4.39 Å². The van der Waals surface area contributed by atoms with Crippen molar-refractivity contribution in [3.63, 3.8) is 0 Å². The molecule has 0 aliphatic carbocycles. The van der Waals surface area contributed by atoms with Crippen molar-refractivity contribution in [2.24, 2.45) is 0 Å². The average Bonchev–Trinajstić information content (AvgIpc) is 2.90. The molecule has 0 unspecified atom stereocenters. The zero-order valence-electron chi connectivity index (χ0n) is 17.5. The summed E-state index contributed by atoms with van der Waals surface area (Å²) in [5, 5.41) is 0. The highest BCUT2D eigenvalue weighted by molar-refractivity contribution is 6.10. The van der Waals surface area contributed by atoms with Crippen LogP contribution in [0.1, 0.15) is 44.6 Å². The van der Waals surface area contributed by atoms with Crippen molar-refractivity contribution >= 4 is 17.7 Å². The Morgan fingerprint density at radius 3 is 2.69 bits per heavy atom. The number of amides is 3. The minimum atomic E-state index is -1.33. The number of halogens is 1. The molecule has 158 valence electrons. The zero-order chi connectivity index (χ0) is 21.2. The molecule has 6 nitrogen and oxygen atoms in total. The lowest BCUT2D eigenvalue weighted by molar-refractivity contribution is -0.143. The van der Waals surface area contributed by atoms with E-state index >= 15 is 0 Å². The molecule has 2 saturated heterocycles. The minimum absolute atomic E-state index is 0.101. The van der Waals surface area contributed by atoms with E-state index in [2.05, 4.69) is 0 Å². The molecule has 3 amide bonds. The number of nitrogens with zero attached hydrogens (tertiary/aromatic N) is 3. The molecule has 2 aliphatic heterocycles. The van der Waals surface area contributed by atoms with Gasteiger partial charge in [-0.15, -0.1) is 0 Å². The molecule has 0 N–H and O–H groups in total. The fourth-order valence-corrected chi connectivity index (χ4v) is 4.41. The SMILES string of the molecule is C[C@@H]1CCCCN1C(=O)C[C@]1(c2cccc(F)c2)CC(=O)N(CCN(C)C)C1=O. The van der Waals surface area contributed by atoms with Gasteiger partial charge in [0.1, 0.15) is 5.82 Å². The first-order chi connectivity index (χ1) is 13.7. The number of likely N-dealkylation sites (tertiary alicyclic amines) is 2. The summed E-state index contributed by atoms with van der Waals surface area (Å²) in [6.45, 7) is 3.46. The summed E-state index contributed by atoms with van der Waals surface area (Å²) in [6.07, 6.45) is 2.74. The van der Waals surface area contributed by atoms with Crippen molar-refractivity contribution < 1.29 is 18.8 Å². The van der Waals surface area contributed by atoms with Crippen LogP contribution in [0, 0.1) is 5.82 Å². The van der Waals surface area contributed by atoms with Crippen LogP contribution in [-0.4, -0.2) is 72.2 Å². The van der Waals surface area contributed by atoms with Gasteiger partial charge < -0.3 is 9.80 Å². The van der Waals surface area contributed by atoms with E-state index in [-0.39, 0.29) is 37.2 Å². The number of imide groups is 1. The van der Waals surface area contributed by atoms with E-state index in [1.807, 2.05) is 30.8 Å². The van der Waals surface area contributed by atoms with E-state index in [1.165, 1.54) is 23.1 Å². The summed E-state index contributed by atoms with van der Waals surface area (Å²) in [5.41, 5.74) is -0.930. The number of benzene rings is 1. The number of hydrogen-bond donors (Lipinski definition) is 0. The molecule has 0 aromatic heterocycles. The van der Waals surface area contributed by atoms with Crippen molar-refractivity contribution in [1.29, 1.82) is 0 Å². The number of rotatable bonds is 6. The third kappa shape index (κ3) is 4.34. The first-order valence-electron chi connectivity index (χ1n) is 10.3. The van der Waals surface area contributed by atoms with E-state index in [1.54, 1.807) is 6.07 Å². The van der Waals surface area contributed by atoms with Gasteiger partial charge >= 0.3 is 0 Å². The molecule has 1 aromatic carbocycles. The molecule has 0 saturated carbocycles. The van der Waals surface area contributed by atoms with Gasteiger partial charge in [0.05, 0.1) is 5.41 Å². The molecule has 1 aromatic rings. The first-order valence-corrected chi connectivity index (χ1v) is 10.3. The van der Waals surface area contributed by atoms with Crippen molar-refractivity contribution in [1.82, 2.24) is 14.7 Å². The fourth-order valence-electron chi connectivity index (χ4n) is 4.41. The summed E-state index contributed by atoms with van der Waals surface area (Å²) >= 11 is 0. The average molecular weight is 403 g/mol. The quantitative estimate of drug-likeness (QED) is 0.683. The lowest BCUT2D eigenvalue weighted by Crippen LogP contribution is -2.47. The standard InChI is InChI=1S/C22H30FN3O3/c1-16-7-4-5-10-25(16)19(27)14-22(17-8-6-9-18(23)13-17)15-20(28)26(21(22)29)12-11-24(2)3/h6,8-9,13,16H,4-5,7,10-12,14-15H2,1-3H3/t16-,22-/m1/s1. The van der Waals surface area contributed by atoms with Gasteiger partial charge in [0.25, 0.3) is 0 Å². The van der Waals surface area contributed by atoms with Gasteiger partial charge in [-0.25, -0.2) is 4.39 Å². The van der Waals surface area contributed by atoms with Crippen LogP contribution >= 0.6 is 0 Å². The van der Waals surface area contributed by atoms with Crippen LogP contribution in [0.25, 0.3) is 0 Å². The zero-order valence-corrected chi connectivity index (χ0v) is 17.5. The van der Waals surface area contributed by atoms with Gasteiger partial charge in [-0.2, -0.15) is 0 Å². The molecular weight excluding hydrogens is 373 g/mol. The smallest absolute Gasteiger partial charge is 0.240 e. The summed E-state index contributed by atoms with van der Waals surface area (Å²) < 4.78 is 14.0. The third-order valence-electron chi connectivity index (χ3n) is 6.13. The van der Waals surface area contributed by atoms with Gasteiger partial charge in [0.2, 0.25) is 17.7 Å². The molecule has 29 heavy (non-hydrogen) atoms. The van der Waals surface area contributed by atoms with Crippen LogP contribution in [0.2, 0.25) is 0 Å². The summed E-state index contributed by atoms with van der Waals surface area (Å²) in [5.74, 6) is -1.32. The predicted octanol–water partition coefficient (Wildman–Crippen LogP) is 2.18. The Bertz CT molecular complexity index is 797. The first kappa shape index (κ1) is 21.4. The van der Waals surface area contributed by atoms with Crippen LogP contribution in [0.3, 0.4) is 0 Å². The monoisotopic (exact) mass is 403 g/mol. The van der Waals surface area contributed by atoms with Crippen LogP contribution in [-0.2, 0) is 19.8 Å². The largest absolute Gasteiger partial charge is 0.340 e. The second kappa shape index (κ2) is 8.61.